The highest BCUT2D eigenvalue weighted by Gasteiger charge is 2.49. The lowest BCUT2D eigenvalue weighted by atomic mass is 10.1. The number of anilines is 2. The molecular weight excluding hydrogens is 442 g/mol. The summed E-state index contributed by atoms with van der Waals surface area (Å²) in [5, 5.41) is 10.1. The molecule has 4 rings (SSSR count). The number of carbonyl (C=O) groups excluding carboxylic acids is 1. The molecule has 0 radical (unpaired) electrons. The van der Waals surface area contributed by atoms with Crippen LogP contribution in [0.1, 0.15) is 0 Å². The maximum atomic E-state index is 12.3. The fourth-order valence-corrected chi connectivity index (χ4v) is 3.91. The van der Waals surface area contributed by atoms with Crippen LogP contribution in [-0.2, 0) is 14.2 Å². The summed E-state index contributed by atoms with van der Waals surface area (Å²) < 4.78 is 22.3. The predicted molar refractivity (Wildman–Crippen MR) is 121 cm³/mol. The lowest BCUT2D eigenvalue weighted by Crippen LogP contribution is -2.46. The summed E-state index contributed by atoms with van der Waals surface area (Å²) in [5.74, 6) is 0.701. The topological polar surface area (TPSA) is 90.1 Å². The molecule has 0 spiro atoms. The number of nitrogens with one attached hydrogen (secondary N) is 3. The smallest absolute Gasteiger partial charge is 0.412 e. The van der Waals surface area contributed by atoms with Crippen molar-refractivity contribution in [1.29, 1.82) is 0 Å². The highest BCUT2D eigenvalue weighted by Crippen LogP contribution is 2.29. The molecule has 4 atom stereocenters. The second-order valence-electron chi connectivity index (χ2n) is 7.11. The minimum atomic E-state index is -0.570. The lowest BCUT2D eigenvalue weighted by Gasteiger charge is -2.20. The van der Waals surface area contributed by atoms with Gasteiger partial charge in [-0.3, -0.25) is 5.32 Å². The number of halogens is 1. The van der Waals surface area contributed by atoms with E-state index in [1.54, 1.807) is 43.5 Å². The second kappa shape index (κ2) is 9.69. The molecule has 2 aliphatic rings. The number of fused-ring (bicyclic) bond motifs is 1. The number of carbonyl (C=O) groups is 1. The third-order valence-corrected chi connectivity index (χ3v) is 5.49. The van der Waals surface area contributed by atoms with E-state index < -0.39 is 12.2 Å². The van der Waals surface area contributed by atoms with E-state index in [0.29, 0.717) is 28.2 Å². The highest BCUT2D eigenvalue weighted by atomic mass is 35.5. The predicted octanol–water partition coefficient (Wildman–Crippen LogP) is 3.42. The Balaban J connectivity index is 1.26. The SMILES string of the molecule is COc1ccc(NC(=O)O[C@@H]2CO[C@H]3[C@@H]2OC[C@@H]3NC(=S)Nc2ccc(Cl)cc2)cc1. The van der Waals surface area contributed by atoms with Crippen LogP contribution in [0.25, 0.3) is 0 Å². The Morgan fingerprint density at radius 2 is 1.65 bits per heavy atom. The van der Waals surface area contributed by atoms with Crippen molar-refractivity contribution in [1.82, 2.24) is 5.32 Å². The zero-order valence-corrected chi connectivity index (χ0v) is 18.2. The number of ether oxygens (including phenoxy) is 4. The Bertz CT molecular complexity index is 928. The molecular formula is C21H22ClN3O5S. The normalized spacial score (nSPS) is 24.2. The van der Waals surface area contributed by atoms with Gasteiger partial charge in [-0.2, -0.15) is 0 Å². The molecule has 2 fully saturated rings. The molecule has 2 saturated heterocycles. The van der Waals surface area contributed by atoms with Crippen LogP contribution in [0.5, 0.6) is 5.75 Å². The standard InChI is InChI=1S/C21H22ClN3O5S/c1-27-15-8-6-14(7-9-15)24-21(26)30-17-11-29-18-16(10-28-19(17)18)25-20(31)23-13-4-2-12(22)3-5-13/h2-9,16-19H,10-11H2,1H3,(H,24,26)(H2,23,25,31)/t16-,17+,18+,19+/m0/s1. The molecule has 3 N–H and O–H groups in total. The van der Waals surface area contributed by atoms with Crippen LogP contribution in [0.3, 0.4) is 0 Å². The Kier molecular flexibility index (Phi) is 6.77. The van der Waals surface area contributed by atoms with Crippen LogP contribution in [0.4, 0.5) is 16.2 Å². The monoisotopic (exact) mass is 463 g/mol. The van der Waals surface area contributed by atoms with Gasteiger partial charge in [-0.25, -0.2) is 4.79 Å². The van der Waals surface area contributed by atoms with Crippen LogP contribution in [0.15, 0.2) is 48.5 Å². The molecule has 10 heteroatoms. The molecule has 2 aromatic carbocycles. The summed E-state index contributed by atoms with van der Waals surface area (Å²) in [5.41, 5.74) is 1.42. The lowest BCUT2D eigenvalue weighted by molar-refractivity contribution is 0.00880. The Labute approximate surface area is 190 Å². The first-order valence-electron chi connectivity index (χ1n) is 9.70. The molecule has 0 saturated carbocycles. The van der Waals surface area contributed by atoms with Gasteiger partial charge in [-0.05, 0) is 60.7 Å². The summed E-state index contributed by atoms with van der Waals surface area (Å²) >= 11 is 11.3. The van der Waals surface area contributed by atoms with Gasteiger partial charge in [0.2, 0.25) is 0 Å². The number of benzene rings is 2. The quantitative estimate of drug-likeness (QED) is 0.581. The molecule has 164 valence electrons. The summed E-state index contributed by atoms with van der Waals surface area (Å²) in [6, 6.07) is 14.0. The molecule has 1 amide bonds. The van der Waals surface area contributed by atoms with Crippen LogP contribution < -0.4 is 20.7 Å². The van der Waals surface area contributed by atoms with E-state index in [9.17, 15) is 4.79 Å². The van der Waals surface area contributed by atoms with Gasteiger partial charge in [-0.15, -0.1) is 0 Å². The summed E-state index contributed by atoms with van der Waals surface area (Å²) in [6.45, 7) is 0.638. The van der Waals surface area contributed by atoms with Gasteiger partial charge in [0.05, 0.1) is 26.4 Å². The van der Waals surface area contributed by atoms with Crippen LogP contribution in [-0.4, -0.2) is 55.9 Å². The first-order valence-corrected chi connectivity index (χ1v) is 10.5. The first kappa shape index (κ1) is 21.6. The van der Waals surface area contributed by atoms with Crippen LogP contribution in [0.2, 0.25) is 5.02 Å². The largest absolute Gasteiger partial charge is 0.497 e. The zero-order valence-electron chi connectivity index (χ0n) is 16.7. The molecule has 2 heterocycles. The third kappa shape index (κ3) is 5.37. The van der Waals surface area contributed by atoms with Crippen molar-refractivity contribution in [3.63, 3.8) is 0 Å². The zero-order chi connectivity index (χ0) is 21.8. The van der Waals surface area contributed by atoms with Gasteiger partial charge in [0.25, 0.3) is 0 Å². The van der Waals surface area contributed by atoms with E-state index in [1.165, 1.54) is 0 Å². The number of methoxy groups -OCH3 is 1. The van der Waals surface area contributed by atoms with Crippen molar-refractivity contribution >= 4 is 46.4 Å². The Morgan fingerprint density at radius 3 is 2.35 bits per heavy atom. The van der Waals surface area contributed by atoms with Crippen molar-refractivity contribution in [3.8, 4) is 5.75 Å². The Morgan fingerprint density at radius 1 is 1.00 bits per heavy atom. The molecule has 0 unspecified atom stereocenters. The molecule has 0 aromatic heterocycles. The van der Waals surface area contributed by atoms with E-state index in [2.05, 4.69) is 16.0 Å². The van der Waals surface area contributed by atoms with Crippen LogP contribution in [0, 0.1) is 0 Å². The molecule has 0 bridgehead atoms. The average Bonchev–Trinajstić information content (AvgIpc) is 3.34. The fourth-order valence-electron chi connectivity index (χ4n) is 3.52. The minimum absolute atomic E-state index is 0.157. The minimum Gasteiger partial charge on any atom is -0.497 e. The van der Waals surface area contributed by atoms with Gasteiger partial charge in [-0.1, -0.05) is 11.6 Å². The van der Waals surface area contributed by atoms with Crippen molar-refractivity contribution in [2.75, 3.05) is 31.0 Å². The van der Waals surface area contributed by atoms with Crippen LogP contribution >= 0.6 is 23.8 Å². The molecule has 2 aliphatic heterocycles. The number of amides is 1. The van der Waals surface area contributed by atoms with E-state index >= 15 is 0 Å². The number of hydrogen-bond donors (Lipinski definition) is 3. The van der Waals surface area contributed by atoms with Gasteiger partial charge in [0, 0.05) is 16.4 Å². The van der Waals surface area contributed by atoms with E-state index in [4.69, 9.17) is 42.8 Å². The number of rotatable bonds is 5. The van der Waals surface area contributed by atoms with Crippen molar-refractivity contribution in [3.05, 3.63) is 53.6 Å². The molecule has 31 heavy (non-hydrogen) atoms. The molecule has 2 aromatic rings. The van der Waals surface area contributed by atoms with Gasteiger partial charge in [0.1, 0.15) is 18.0 Å². The fraction of sp³-hybridized carbons (Fsp3) is 0.333. The summed E-state index contributed by atoms with van der Waals surface area (Å²) in [6.07, 6.45) is -1.71. The summed E-state index contributed by atoms with van der Waals surface area (Å²) in [7, 11) is 1.58. The van der Waals surface area contributed by atoms with Crippen molar-refractivity contribution < 1.29 is 23.7 Å². The number of thiocarbonyl (C=S) groups is 1. The van der Waals surface area contributed by atoms with Gasteiger partial charge >= 0.3 is 6.09 Å². The highest BCUT2D eigenvalue weighted by molar-refractivity contribution is 7.80. The second-order valence-corrected chi connectivity index (χ2v) is 7.95. The number of hydrogen-bond acceptors (Lipinski definition) is 6. The maximum absolute atomic E-state index is 12.3. The van der Waals surface area contributed by atoms with E-state index in [-0.39, 0.29) is 24.9 Å². The van der Waals surface area contributed by atoms with Gasteiger partial charge in [0.15, 0.2) is 11.2 Å². The summed E-state index contributed by atoms with van der Waals surface area (Å²) in [4.78, 5) is 12.3. The molecule has 0 aliphatic carbocycles. The molecule has 8 nitrogen and oxygen atoms in total. The first-order chi connectivity index (χ1) is 15.0. The Hall–Kier alpha value is -2.59. The average molecular weight is 464 g/mol. The maximum Gasteiger partial charge on any atom is 0.412 e. The van der Waals surface area contributed by atoms with E-state index in [1.807, 2.05) is 12.1 Å². The third-order valence-electron chi connectivity index (χ3n) is 5.02. The van der Waals surface area contributed by atoms with Gasteiger partial charge < -0.3 is 29.6 Å². The van der Waals surface area contributed by atoms with E-state index in [0.717, 1.165) is 5.69 Å². The van der Waals surface area contributed by atoms with Crippen molar-refractivity contribution in [2.45, 2.75) is 24.4 Å². The van der Waals surface area contributed by atoms with Crippen molar-refractivity contribution in [2.24, 2.45) is 0 Å².